The highest BCUT2D eigenvalue weighted by atomic mass is 79.9. The Morgan fingerprint density at radius 1 is 1.14 bits per heavy atom. The Kier molecular flexibility index (Phi) is 7.95. The summed E-state index contributed by atoms with van der Waals surface area (Å²) in [6.07, 6.45) is 2.84. The third-order valence-corrected chi connectivity index (χ3v) is 4.23. The molecule has 0 heterocycles. The molecule has 0 unspecified atom stereocenters. The van der Waals surface area contributed by atoms with Crippen LogP contribution in [0, 0.1) is 6.92 Å². The molecule has 28 heavy (non-hydrogen) atoms. The molecular formula is C21H21BrN2O4. The topological polar surface area (TPSA) is 75.7 Å². The van der Waals surface area contributed by atoms with Gasteiger partial charge in [0.15, 0.2) is 6.61 Å². The van der Waals surface area contributed by atoms with Crippen LogP contribution in [-0.4, -0.2) is 42.9 Å². The van der Waals surface area contributed by atoms with Gasteiger partial charge in [0.1, 0.15) is 0 Å². The van der Waals surface area contributed by atoms with Crippen LogP contribution in [0.3, 0.4) is 0 Å². The van der Waals surface area contributed by atoms with E-state index in [1.165, 1.54) is 18.0 Å². The zero-order valence-corrected chi connectivity index (χ0v) is 17.2. The number of amides is 2. The van der Waals surface area contributed by atoms with Crippen LogP contribution in [0.1, 0.15) is 11.1 Å². The normalized spacial score (nSPS) is 10.5. The van der Waals surface area contributed by atoms with Crippen molar-refractivity contribution in [2.75, 3.05) is 25.5 Å². The first-order chi connectivity index (χ1) is 13.3. The fraction of sp³-hybridized carbons (Fsp3) is 0.190. The molecule has 6 nitrogen and oxygen atoms in total. The van der Waals surface area contributed by atoms with E-state index in [9.17, 15) is 14.4 Å². The van der Waals surface area contributed by atoms with Crippen molar-refractivity contribution >= 4 is 45.5 Å². The third kappa shape index (κ3) is 7.36. The highest BCUT2D eigenvalue weighted by Crippen LogP contribution is 2.12. The van der Waals surface area contributed by atoms with Gasteiger partial charge < -0.3 is 15.0 Å². The lowest BCUT2D eigenvalue weighted by atomic mass is 10.2. The highest BCUT2D eigenvalue weighted by Gasteiger charge is 2.14. The van der Waals surface area contributed by atoms with Crippen molar-refractivity contribution in [1.29, 1.82) is 0 Å². The lowest BCUT2D eigenvalue weighted by Crippen LogP contribution is -2.37. The van der Waals surface area contributed by atoms with Crippen LogP contribution in [0.5, 0.6) is 0 Å². The van der Waals surface area contributed by atoms with E-state index in [1.807, 2.05) is 43.3 Å². The predicted octanol–water partition coefficient (Wildman–Crippen LogP) is 3.41. The summed E-state index contributed by atoms with van der Waals surface area (Å²) in [5, 5.41) is 2.71. The second-order valence-corrected chi connectivity index (χ2v) is 7.08. The molecule has 7 heteroatoms. The number of carbonyl (C=O) groups is 3. The predicted molar refractivity (Wildman–Crippen MR) is 112 cm³/mol. The van der Waals surface area contributed by atoms with Gasteiger partial charge >= 0.3 is 5.97 Å². The SMILES string of the molecule is Cc1ccc(NC(=O)CN(C)C(=O)COC(=O)/C=C/c2cccc(Br)c2)cc1. The van der Waals surface area contributed by atoms with Crippen molar-refractivity contribution in [3.8, 4) is 0 Å². The molecule has 0 spiro atoms. The first-order valence-corrected chi connectivity index (χ1v) is 9.33. The molecule has 0 aliphatic carbocycles. The molecule has 0 radical (unpaired) electrons. The minimum absolute atomic E-state index is 0.141. The van der Waals surface area contributed by atoms with Gasteiger partial charge in [0, 0.05) is 23.3 Å². The van der Waals surface area contributed by atoms with Gasteiger partial charge in [-0.15, -0.1) is 0 Å². The Morgan fingerprint density at radius 2 is 1.86 bits per heavy atom. The lowest BCUT2D eigenvalue weighted by molar-refractivity contribution is -0.148. The largest absolute Gasteiger partial charge is 0.452 e. The zero-order chi connectivity index (χ0) is 20.5. The summed E-state index contributed by atoms with van der Waals surface area (Å²) >= 11 is 3.35. The van der Waals surface area contributed by atoms with Crippen molar-refractivity contribution < 1.29 is 19.1 Å². The minimum atomic E-state index is -0.633. The number of hydrogen-bond acceptors (Lipinski definition) is 4. The fourth-order valence-electron chi connectivity index (χ4n) is 2.21. The minimum Gasteiger partial charge on any atom is -0.452 e. The van der Waals surface area contributed by atoms with Crippen LogP contribution in [0.25, 0.3) is 6.08 Å². The maximum atomic E-state index is 12.0. The number of halogens is 1. The molecule has 0 saturated carbocycles. The van der Waals surface area contributed by atoms with Gasteiger partial charge in [0.05, 0.1) is 6.54 Å². The summed E-state index contributed by atoms with van der Waals surface area (Å²) in [6, 6.07) is 14.7. The van der Waals surface area contributed by atoms with Crippen LogP contribution in [0.2, 0.25) is 0 Å². The van der Waals surface area contributed by atoms with E-state index in [4.69, 9.17) is 4.74 Å². The number of ether oxygens (including phenoxy) is 1. The summed E-state index contributed by atoms with van der Waals surface area (Å²) in [6.45, 7) is 1.38. The molecular weight excluding hydrogens is 424 g/mol. The number of nitrogens with one attached hydrogen (secondary N) is 1. The molecule has 2 aromatic carbocycles. The van der Waals surface area contributed by atoms with Crippen LogP contribution < -0.4 is 5.32 Å². The zero-order valence-electron chi connectivity index (χ0n) is 15.6. The van der Waals surface area contributed by atoms with E-state index < -0.39 is 18.5 Å². The molecule has 1 N–H and O–H groups in total. The van der Waals surface area contributed by atoms with E-state index >= 15 is 0 Å². The van der Waals surface area contributed by atoms with E-state index in [2.05, 4.69) is 21.2 Å². The Bertz CT molecular complexity index is 878. The third-order valence-electron chi connectivity index (χ3n) is 3.74. The Morgan fingerprint density at radius 3 is 2.54 bits per heavy atom. The molecule has 0 atom stereocenters. The van der Waals surface area contributed by atoms with Gasteiger partial charge in [-0.3, -0.25) is 9.59 Å². The molecule has 146 valence electrons. The van der Waals surface area contributed by atoms with Crippen LogP contribution in [-0.2, 0) is 19.1 Å². The molecule has 0 aromatic heterocycles. The number of nitrogens with zero attached hydrogens (tertiary/aromatic N) is 1. The summed E-state index contributed by atoms with van der Waals surface area (Å²) in [7, 11) is 1.47. The van der Waals surface area contributed by atoms with Crippen molar-refractivity contribution in [1.82, 2.24) is 4.90 Å². The van der Waals surface area contributed by atoms with Gasteiger partial charge in [-0.1, -0.05) is 45.8 Å². The Labute approximate surface area is 172 Å². The molecule has 2 aromatic rings. The summed E-state index contributed by atoms with van der Waals surface area (Å²) < 4.78 is 5.82. The number of aryl methyl sites for hydroxylation is 1. The number of carbonyl (C=O) groups excluding carboxylic acids is 3. The van der Waals surface area contributed by atoms with E-state index in [1.54, 1.807) is 18.2 Å². The Hall–Kier alpha value is -2.93. The maximum Gasteiger partial charge on any atom is 0.331 e. The monoisotopic (exact) mass is 444 g/mol. The molecule has 0 saturated heterocycles. The number of rotatable bonds is 7. The van der Waals surface area contributed by atoms with Gasteiger partial charge in [0.25, 0.3) is 5.91 Å². The summed E-state index contributed by atoms with van der Waals surface area (Å²) in [5.41, 5.74) is 2.56. The van der Waals surface area contributed by atoms with Crippen molar-refractivity contribution in [3.05, 3.63) is 70.2 Å². The van der Waals surface area contributed by atoms with Gasteiger partial charge in [-0.2, -0.15) is 0 Å². The summed E-state index contributed by atoms with van der Waals surface area (Å²) in [5.74, 6) is -1.44. The number of hydrogen-bond donors (Lipinski definition) is 1. The number of likely N-dealkylation sites (N-methyl/N-ethyl adjacent to an activating group) is 1. The van der Waals surface area contributed by atoms with Gasteiger partial charge in [0.2, 0.25) is 5.91 Å². The fourth-order valence-corrected chi connectivity index (χ4v) is 2.62. The van der Waals surface area contributed by atoms with Crippen molar-refractivity contribution in [2.45, 2.75) is 6.92 Å². The quantitative estimate of drug-likeness (QED) is 0.524. The molecule has 0 aliphatic rings. The maximum absolute atomic E-state index is 12.0. The van der Waals surface area contributed by atoms with Crippen LogP contribution in [0.15, 0.2) is 59.1 Å². The number of anilines is 1. The van der Waals surface area contributed by atoms with Crippen LogP contribution in [0.4, 0.5) is 5.69 Å². The standard InChI is InChI=1S/C21H21BrN2O4/c1-15-6-9-18(10-7-15)23-19(25)13-24(2)20(26)14-28-21(27)11-8-16-4-3-5-17(22)12-16/h3-12H,13-14H2,1-2H3,(H,23,25)/b11-8+. The van der Waals surface area contributed by atoms with E-state index in [-0.39, 0.29) is 12.5 Å². The first kappa shape index (κ1) is 21.4. The second kappa shape index (κ2) is 10.4. The molecule has 0 bridgehead atoms. The van der Waals surface area contributed by atoms with E-state index in [0.717, 1.165) is 15.6 Å². The van der Waals surface area contributed by atoms with Crippen LogP contribution >= 0.6 is 15.9 Å². The molecule has 0 aliphatic heterocycles. The molecule has 2 rings (SSSR count). The molecule has 0 fully saturated rings. The smallest absolute Gasteiger partial charge is 0.331 e. The highest BCUT2D eigenvalue weighted by molar-refractivity contribution is 9.10. The number of benzene rings is 2. The average Bonchev–Trinajstić information content (AvgIpc) is 2.66. The van der Waals surface area contributed by atoms with Crippen molar-refractivity contribution in [3.63, 3.8) is 0 Å². The first-order valence-electron chi connectivity index (χ1n) is 8.54. The second-order valence-electron chi connectivity index (χ2n) is 6.16. The van der Waals surface area contributed by atoms with E-state index in [0.29, 0.717) is 5.69 Å². The lowest BCUT2D eigenvalue weighted by Gasteiger charge is -2.16. The Balaban J connectivity index is 1.76. The van der Waals surface area contributed by atoms with Gasteiger partial charge in [-0.05, 0) is 42.8 Å². The average molecular weight is 445 g/mol. The van der Waals surface area contributed by atoms with Gasteiger partial charge in [-0.25, -0.2) is 4.79 Å². The van der Waals surface area contributed by atoms with Crippen molar-refractivity contribution in [2.24, 2.45) is 0 Å². The molecule has 2 amide bonds. The number of esters is 1. The summed E-state index contributed by atoms with van der Waals surface area (Å²) in [4.78, 5) is 37.0.